The normalized spacial score (nSPS) is 18.8. The summed E-state index contributed by atoms with van der Waals surface area (Å²) >= 11 is 0. The fourth-order valence-corrected chi connectivity index (χ4v) is 3.06. The maximum absolute atomic E-state index is 12.8. The van der Waals surface area contributed by atoms with E-state index in [1.165, 1.54) is 12.1 Å². The van der Waals surface area contributed by atoms with Gasteiger partial charge in [-0.05, 0) is 43.3 Å². The van der Waals surface area contributed by atoms with Gasteiger partial charge in [-0.15, -0.1) is 0 Å². The number of halogens is 3. The van der Waals surface area contributed by atoms with E-state index in [-0.39, 0.29) is 0 Å². The zero-order valence-electron chi connectivity index (χ0n) is 14.8. The minimum Gasteiger partial charge on any atom is -0.326 e. The van der Waals surface area contributed by atoms with Crippen LogP contribution in [0.2, 0.25) is 0 Å². The lowest BCUT2D eigenvalue weighted by Crippen LogP contribution is -2.44. The number of fused-ring (bicyclic) bond motifs is 1. The van der Waals surface area contributed by atoms with Gasteiger partial charge in [0.05, 0.1) is 5.56 Å². The topological polar surface area (TPSA) is 91.1 Å². The predicted octanol–water partition coefficient (Wildman–Crippen LogP) is 3.79. The van der Waals surface area contributed by atoms with Crippen molar-refractivity contribution in [1.29, 1.82) is 0 Å². The maximum Gasteiger partial charge on any atom is 0.416 e. The van der Waals surface area contributed by atoms with Gasteiger partial charge in [0.1, 0.15) is 5.69 Å². The van der Waals surface area contributed by atoms with Crippen LogP contribution >= 0.6 is 0 Å². The Hall–Kier alpha value is -3.33. The highest BCUT2D eigenvalue weighted by Gasteiger charge is 2.37. The Morgan fingerprint density at radius 1 is 1.07 bits per heavy atom. The van der Waals surface area contributed by atoms with Crippen LogP contribution in [0.25, 0.3) is 0 Å². The van der Waals surface area contributed by atoms with Crippen LogP contribution in [0.1, 0.15) is 22.5 Å². The highest BCUT2D eigenvalue weighted by molar-refractivity contribution is 6.05. The minimum absolute atomic E-state index is 0.307. The summed E-state index contributed by atoms with van der Waals surface area (Å²) in [6.07, 6.45) is -4.39. The van der Waals surface area contributed by atoms with Crippen molar-refractivity contribution < 1.29 is 13.2 Å². The van der Waals surface area contributed by atoms with Crippen molar-refractivity contribution in [3.63, 3.8) is 0 Å². The molecule has 0 radical (unpaired) electrons. The molecule has 1 unspecified atom stereocenters. The van der Waals surface area contributed by atoms with Gasteiger partial charge in [0.2, 0.25) is 5.96 Å². The van der Waals surface area contributed by atoms with Crippen molar-refractivity contribution in [2.75, 3.05) is 10.6 Å². The zero-order chi connectivity index (χ0) is 19.9. The molecule has 2 heterocycles. The number of nitrogens with two attached hydrogens (primary N) is 1. The number of nitrogens with one attached hydrogen (secondary N) is 3. The van der Waals surface area contributed by atoms with E-state index in [1.807, 2.05) is 31.2 Å². The van der Waals surface area contributed by atoms with Crippen molar-refractivity contribution in [3.05, 3.63) is 77.1 Å². The standard InChI is InChI=1S/C19H17F3N6/c1-11-10-16(28-27-11)18(23)14-4-2-3-5-15(14)25-17(26-18)24-13-8-6-12(7-9-13)19(20,21)22/h2-10H,23H2,1H3,(H,27,28)(H2,24,25,26). The fourth-order valence-electron chi connectivity index (χ4n) is 3.06. The second-order valence-electron chi connectivity index (χ2n) is 6.53. The smallest absolute Gasteiger partial charge is 0.326 e. The molecule has 9 heteroatoms. The van der Waals surface area contributed by atoms with E-state index in [9.17, 15) is 13.2 Å². The number of nitrogens with zero attached hydrogens (tertiary/aromatic N) is 2. The molecule has 1 aliphatic heterocycles. The van der Waals surface area contributed by atoms with Crippen LogP contribution in [0.15, 0.2) is 59.6 Å². The largest absolute Gasteiger partial charge is 0.416 e. The molecule has 5 N–H and O–H groups in total. The number of para-hydroxylation sites is 1. The number of H-pyrrole nitrogens is 1. The molecule has 144 valence electrons. The minimum atomic E-state index is -4.39. The molecule has 1 aliphatic rings. The van der Waals surface area contributed by atoms with Gasteiger partial charge in [0.25, 0.3) is 0 Å². The molecule has 0 amide bonds. The number of hydrogen-bond acceptors (Lipinski definition) is 5. The number of hydrogen-bond donors (Lipinski definition) is 4. The summed E-state index contributed by atoms with van der Waals surface area (Å²) in [5.74, 6) is 0.307. The summed E-state index contributed by atoms with van der Waals surface area (Å²) in [6, 6.07) is 13.9. The average Bonchev–Trinajstić information content (AvgIpc) is 3.09. The van der Waals surface area contributed by atoms with Crippen molar-refractivity contribution in [2.45, 2.75) is 18.8 Å². The van der Waals surface area contributed by atoms with E-state index in [2.05, 4.69) is 25.8 Å². The molecule has 0 aliphatic carbocycles. The van der Waals surface area contributed by atoms with Crippen LogP contribution in [0.4, 0.5) is 24.5 Å². The molecular weight excluding hydrogens is 369 g/mol. The zero-order valence-corrected chi connectivity index (χ0v) is 14.8. The van der Waals surface area contributed by atoms with E-state index in [0.29, 0.717) is 17.3 Å². The van der Waals surface area contributed by atoms with Gasteiger partial charge < -0.3 is 10.6 Å². The highest BCUT2D eigenvalue weighted by Crippen LogP contribution is 2.36. The van der Waals surface area contributed by atoms with Crippen LogP contribution < -0.4 is 16.4 Å². The first-order valence-corrected chi connectivity index (χ1v) is 8.48. The molecule has 4 rings (SSSR count). The van der Waals surface area contributed by atoms with Gasteiger partial charge in [0, 0.05) is 22.6 Å². The molecule has 0 spiro atoms. The van der Waals surface area contributed by atoms with E-state index in [0.717, 1.165) is 29.1 Å². The maximum atomic E-state index is 12.8. The lowest BCUT2D eigenvalue weighted by atomic mass is 9.94. The molecule has 2 aromatic carbocycles. The van der Waals surface area contributed by atoms with E-state index >= 15 is 0 Å². The summed E-state index contributed by atoms with van der Waals surface area (Å²) in [4.78, 5) is 4.57. The van der Waals surface area contributed by atoms with Crippen LogP contribution in [0, 0.1) is 6.92 Å². The van der Waals surface area contributed by atoms with Crippen molar-refractivity contribution in [3.8, 4) is 0 Å². The molecule has 1 atom stereocenters. The summed E-state index contributed by atoms with van der Waals surface area (Å²) in [7, 11) is 0. The molecule has 3 aromatic rings. The Morgan fingerprint density at radius 3 is 2.43 bits per heavy atom. The summed E-state index contributed by atoms with van der Waals surface area (Å²) in [6.45, 7) is 1.86. The Balaban J connectivity index is 1.70. The van der Waals surface area contributed by atoms with Crippen LogP contribution in [-0.2, 0) is 11.8 Å². The SMILES string of the molecule is Cc1cc(C2(N)N=C(Nc3ccc(C(F)(F)F)cc3)Nc3ccccc32)n[nH]1. The number of aryl methyl sites for hydroxylation is 1. The van der Waals surface area contributed by atoms with Crippen molar-refractivity contribution in [2.24, 2.45) is 10.7 Å². The second kappa shape index (κ2) is 6.38. The van der Waals surface area contributed by atoms with Gasteiger partial charge in [-0.2, -0.15) is 18.3 Å². The monoisotopic (exact) mass is 386 g/mol. The third-order valence-electron chi connectivity index (χ3n) is 4.45. The van der Waals surface area contributed by atoms with Crippen molar-refractivity contribution in [1.82, 2.24) is 10.2 Å². The van der Waals surface area contributed by atoms with Gasteiger partial charge in [-0.3, -0.25) is 10.8 Å². The number of guanidine groups is 1. The number of rotatable bonds is 2. The number of benzene rings is 2. The Kier molecular flexibility index (Phi) is 4.11. The number of alkyl halides is 3. The first-order valence-electron chi connectivity index (χ1n) is 8.48. The molecule has 28 heavy (non-hydrogen) atoms. The van der Waals surface area contributed by atoms with Crippen molar-refractivity contribution >= 4 is 17.3 Å². The Labute approximate surface area is 158 Å². The number of aromatic amines is 1. The summed E-state index contributed by atoms with van der Waals surface area (Å²) in [5.41, 5.74) is 7.94. The Bertz CT molecular complexity index is 1040. The second-order valence-corrected chi connectivity index (χ2v) is 6.53. The number of aromatic nitrogens is 2. The molecule has 6 nitrogen and oxygen atoms in total. The lowest BCUT2D eigenvalue weighted by Gasteiger charge is -2.32. The van der Waals surface area contributed by atoms with E-state index in [1.54, 1.807) is 6.07 Å². The van der Waals surface area contributed by atoms with E-state index < -0.39 is 17.4 Å². The highest BCUT2D eigenvalue weighted by atomic mass is 19.4. The van der Waals surface area contributed by atoms with E-state index in [4.69, 9.17) is 5.73 Å². The number of aliphatic imine (C=N–C) groups is 1. The molecule has 1 aromatic heterocycles. The molecule has 0 bridgehead atoms. The fraction of sp³-hybridized carbons (Fsp3) is 0.158. The van der Waals surface area contributed by atoms with Crippen LogP contribution in [0.3, 0.4) is 0 Å². The quantitative estimate of drug-likeness (QED) is 0.539. The number of anilines is 2. The summed E-state index contributed by atoms with van der Waals surface area (Å²) in [5, 5.41) is 13.2. The lowest BCUT2D eigenvalue weighted by molar-refractivity contribution is -0.137. The molecule has 0 saturated heterocycles. The van der Waals surface area contributed by atoms with Crippen LogP contribution in [-0.4, -0.2) is 16.2 Å². The Morgan fingerprint density at radius 2 is 1.79 bits per heavy atom. The van der Waals surface area contributed by atoms with Gasteiger partial charge in [0.15, 0.2) is 5.66 Å². The summed E-state index contributed by atoms with van der Waals surface area (Å²) < 4.78 is 38.3. The predicted molar refractivity (Wildman–Crippen MR) is 101 cm³/mol. The molecule has 0 fully saturated rings. The van der Waals surface area contributed by atoms with Crippen LogP contribution in [0.5, 0.6) is 0 Å². The molecule has 0 saturated carbocycles. The third kappa shape index (κ3) is 3.20. The average molecular weight is 386 g/mol. The van der Waals surface area contributed by atoms with Gasteiger partial charge in [-0.1, -0.05) is 18.2 Å². The van der Waals surface area contributed by atoms with Gasteiger partial charge >= 0.3 is 6.18 Å². The first kappa shape index (κ1) is 18.1. The molecular formula is C19H17F3N6. The van der Waals surface area contributed by atoms with Gasteiger partial charge in [-0.25, -0.2) is 4.99 Å². The third-order valence-corrected chi connectivity index (χ3v) is 4.45. The first-order chi connectivity index (χ1) is 13.3.